The molecular weight excluding hydrogens is 374 g/mol. The van der Waals surface area contributed by atoms with Crippen LogP contribution in [0, 0.1) is 0 Å². The van der Waals surface area contributed by atoms with Gasteiger partial charge in [-0.25, -0.2) is 4.98 Å². The van der Waals surface area contributed by atoms with Crippen molar-refractivity contribution >= 4 is 37.7 Å². The molecule has 6 heteroatoms. The van der Waals surface area contributed by atoms with Gasteiger partial charge in [-0.15, -0.1) is 0 Å². The maximum Gasteiger partial charge on any atom is 0.265 e. The van der Waals surface area contributed by atoms with E-state index < -0.39 is 0 Å². The average molecular weight is 387 g/mol. The Labute approximate surface area is 128 Å². The SMILES string of the molecule is CCNc1cc(Cn2cc(Br)cc(Br)c2=O)ccn1. The Bertz CT molecular complexity index is 640. The first kappa shape index (κ1) is 14.3. The highest BCUT2D eigenvalue weighted by Gasteiger charge is 2.04. The van der Waals surface area contributed by atoms with Gasteiger partial charge in [0, 0.05) is 23.4 Å². The van der Waals surface area contributed by atoms with Gasteiger partial charge in [-0.05, 0) is 62.5 Å². The summed E-state index contributed by atoms with van der Waals surface area (Å²) in [6.07, 6.45) is 3.52. The van der Waals surface area contributed by atoms with Crippen molar-refractivity contribution in [2.24, 2.45) is 0 Å². The molecule has 0 amide bonds. The molecule has 2 aromatic rings. The van der Waals surface area contributed by atoms with Crippen LogP contribution in [0.3, 0.4) is 0 Å². The van der Waals surface area contributed by atoms with Crippen LogP contribution < -0.4 is 10.9 Å². The number of halogens is 2. The Morgan fingerprint density at radius 1 is 1.37 bits per heavy atom. The standard InChI is InChI=1S/C13H13Br2N3O/c1-2-16-12-5-9(3-4-17-12)7-18-8-10(14)6-11(15)13(18)19/h3-6,8H,2,7H2,1H3,(H,16,17). The maximum atomic E-state index is 12.0. The summed E-state index contributed by atoms with van der Waals surface area (Å²) in [6.45, 7) is 3.35. The molecule has 0 fully saturated rings. The van der Waals surface area contributed by atoms with Gasteiger partial charge in [-0.1, -0.05) is 0 Å². The first-order chi connectivity index (χ1) is 9.10. The molecule has 0 saturated carbocycles. The zero-order valence-electron chi connectivity index (χ0n) is 10.4. The quantitative estimate of drug-likeness (QED) is 0.877. The van der Waals surface area contributed by atoms with Crippen LogP contribution in [0.25, 0.3) is 0 Å². The minimum absolute atomic E-state index is 0.0509. The van der Waals surface area contributed by atoms with Gasteiger partial charge in [0.15, 0.2) is 0 Å². The number of hydrogen-bond donors (Lipinski definition) is 1. The minimum Gasteiger partial charge on any atom is -0.370 e. The third-order valence-electron chi connectivity index (χ3n) is 2.54. The zero-order valence-corrected chi connectivity index (χ0v) is 13.5. The molecule has 0 aromatic carbocycles. The van der Waals surface area contributed by atoms with Crippen LogP contribution in [0.4, 0.5) is 5.82 Å². The lowest BCUT2D eigenvalue weighted by Gasteiger charge is -2.09. The fourth-order valence-corrected chi connectivity index (χ4v) is 2.99. The third kappa shape index (κ3) is 3.67. The molecule has 2 heterocycles. The highest BCUT2D eigenvalue weighted by Crippen LogP contribution is 2.14. The summed E-state index contributed by atoms with van der Waals surface area (Å²) in [6, 6.07) is 5.60. The number of rotatable bonds is 4. The largest absolute Gasteiger partial charge is 0.370 e. The van der Waals surface area contributed by atoms with Gasteiger partial charge in [0.2, 0.25) is 0 Å². The van der Waals surface area contributed by atoms with Crippen molar-refractivity contribution in [3.05, 3.63) is 55.5 Å². The Balaban J connectivity index is 2.31. The Hall–Kier alpha value is -1.14. The molecule has 2 aromatic heterocycles. The first-order valence-corrected chi connectivity index (χ1v) is 7.43. The number of pyridine rings is 2. The molecule has 0 aliphatic rings. The average Bonchev–Trinajstić information content (AvgIpc) is 2.36. The van der Waals surface area contributed by atoms with Gasteiger partial charge in [-0.3, -0.25) is 4.79 Å². The zero-order chi connectivity index (χ0) is 13.8. The summed E-state index contributed by atoms with van der Waals surface area (Å²) in [7, 11) is 0. The summed E-state index contributed by atoms with van der Waals surface area (Å²) in [5.74, 6) is 0.821. The summed E-state index contributed by atoms with van der Waals surface area (Å²) < 4.78 is 3.06. The molecular formula is C13H13Br2N3O. The Morgan fingerprint density at radius 2 is 2.16 bits per heavy atom. The van der Waals surface area contributed by atoms with Crippen molar-refractivity contribution in [1.82, 2.24) is 9.55 Å². The second-order valence-corrected chi connectivity index (χ2v) is 5.79. The van der Waals surface area contributed by atoms with Crippen molar-refractivity contribution in [2.45, 2.75) is 13.5 Å². The van der Waals surface area contributed by atoms with Crippen LogP contribution in [-0.2, 0) is 6.54 Å². The van der Waals surface area contributed by atoms with Gasteiger partial charge in [0.25, 0.3) is 5.56 Å². The molecule has 0 bridgehead atoms. The van der Waals surface area contributed by atoms with E-state index in [0.717, 1.165) is 22.4 Å². The van der Waals surface area contributed by atoms with Gasteiger partial charge in [0.1, 0.15) is 5.82 Å². The minimum atomic E-state index is -0.0509. The van der Waals surface area contributed by atoms with E-state index in [1.54, 1.807) is 23.0 Å². The highest BCUT2D eigenvalue weighted by atomic mass is 79.9. The molecule has 19 heavy (non-hydrogen) atoms. The van der Waals surface area contributed by atoms with Crippen molar-refractivity contribution in [2.75, 3.05) is 11.9 Å². The lowest BCUT2D eigenvalue weighted by molar-refractivity contribution is 0.751. The van der Waals surface area contributed by atoms with Crippen molar-refractivity contribution in [1.29, 1.82) is 0 Å². The van der Waals surface area contributed by atoms with Gasteiger partial charge < -0.3 is 9.88 Å². The normalized spacial score (nSPS) is 10.5. The van der Waals surface area contributed by atoms with E-state index in [1.807, 2.05) is 19.1 Å². The summed E-state index contributed by atoms with van der Waals surface area (Å²) >= 11 is 6.65. The van der Waals surface area contributed by atoms with Crippen LogP contribution in [0.15, 0.2) is 44.3 Å². The van der Waals surface area contributed by atoms with E-state index in [-0.39, 0.29) is 5.56 Å². The molecule has 0 aliphatic heterocycles. The van der Waals surface area contributed by atoms with E-state index >= 15 is 0 Å². The topological polar surface area (TPSA) is 46.9 Å². The van der Waals surface area contributed by atoms with Crippen molar-refractivity contribution < 1.29 is 0 Å². The molecule has 0 spiro atoms. The molecule has 0 atom stereocenters. The first-order valence-electron chi connectivity index (χ1n) is 5.84. The lowest BCUT2D eigenvalue weighted by atomic mass is 10.2. The number of hydrogen-bond acceptors (Lipinski definition) is 3. The third-order valence-corrected chi connectivity index (χ3v) is 3.55. The van der Waals surface area contributed by atoms with E-state index in [0.29, 0.717) is 11.0 Å². The maximum absolute atomic E-state index is 12.0. The molecule has 0 unspecified atom stereocenters. The molecule has 1 N–H and O–H groups in total. The number of nitrogens with zero attached hydrogens (tertiary/aromatic N) is 2. The predicted octanol–water partition coefficient (Wildman–Crippen LogP) is 3.25. The fraction of sp³-hybridized carbons (Fsp3) is 0.231. The van der Waals surface area contributed by atoms with Crippen molar-refractivity contribution in [3.8, 4) is 0 Å². The van der Waals surface area contributed by atoms with E-state index in [2.05, 4.69) is 42.2 Å². The monoisotopic (exact) mass is 385 g/mol. The van der Waals surface area contributed by atoms with Crippen LogP contribution in [0.1, 0.15) is 12.5 Å². The predicted molar refractivity (Wildman–Crippen MR) is 83.6 cm³/mol. The van der Waals surface area contributed by atoms with Gasteiger partial charge in [-0.2, -0.15) is 0 Å². The van der Waals surface area contributed by atoms with Crippen LogP contribution in [0.5, 0.6) is 0 Å². The summed E-state index contributed by atoms with van der Waals surface area (Å²) in [5.41, 5.74) is 0.975. The fourth-order valence-electron chi connectivity index (χ4n) is 1.73. The van der Waals surface area contributed by atoms with Gasteiger partial charge in [0.05, 0.1) is 11.0 Å². The van der Waals surface area contributed by atoms with Gasteiger partial charge >= 0.3 is 0 Å². The van der Waals surface area contributed by atoms with Crippen LogP contribution >= 0.6 is 31.9 Å². The number of aromatic nitrogens is 2. The number of nitrogens with one attached hydrogen (secondary N) is 1. The Kier molecular flexibility index (Phi) is 4.76. The molecule has 0 radical (unpaired) electrons. The molecule has 0 saturated heterocycles. The molecule has 100 valence electrons. The van der Waals surface area contributed by atoms with E-state index in [4.69, 9.17) is 0 Å². The molecule has 0 aliphatic carbocycles. The lowest BCUT2D eigenvalue weighted by Crippen LogP contribution is -2.20. The van der Waals surface area contributed by atoms with Crippen LogP contribution in [0.2, 0.25) is 0 Å². The Morgan fingerprint density at radius 3 is 2.89 bits per heavy atom. The second kappa shape index (κ2) is 6.34. The highest BCUT2D eigenvalue weighted by molar-refractivity contribution is 9.11. The van der Waals surface area contributed by atoms with Crippen LogP contribution in [-0.4, -0.2) is 16.1 Å². The second-order valence-electron chi connectivity index (χ2n) is 4.02. The molecule has 4 nitrogen and oxygen atoms in total. The van der Waals surface area contributed by atoms with E-state index in [9.17, 15) is 4.79 Å². The number of anilines is 1. The van der Waals surface area contributed by atoms with Crippen molar-refractivity contribution in [3.63, 3.8) is 0 Å². The molecule has 2 rings (SSSR count). The van der Waals surface area contributed by atoms with E-state index in [1.165, 1.54) is 0 Å². The smallest absolute Gasteiger partial charge is 0.265 e. The summed E-state index contributed by atoms with van der Waals surface area (Å²) in [4.78, 5) is 16.2. The summed E-state index contributed by atoms with van der Waals surface area (Å²) in [5, 5.41) is 3.15.